The summed E-state index contributed by atoms with van der Waals surface area (Å²) in [5.74, 6) is -0.701. The van der Waals surface area contributed by atoms with E-state index in [0.29, 0.717) is 5.25 Å². The Morgan fingerprint density at radius 3 is 3.13 bits per heavy atom. The van der Waals surface area contributed by atoms with Crippen molar-refractivity contribution in [3.8, 4) is 0 Å². The van der Waals surface area contributed by atoms with Crippen LogP contribution in [-0.2, 0) is 11.2 Å². The van der Waals surface area contributed by atoms with E-state index in [-0.39, 0.29) is 6.42 Å². The van der Waals surface area contributed by atoms with Crippen molar-refractivity contribution < 1.29 is 9.90 Å². The van der Waals surface area contributed by atoms with Crippen LogP contribution in [0.1, 0.15) is 18.4 Å². The standard InChI is InChI=1S/C11H11BrO2S/c12-8-1-3-10-7(5-8)6-9(15-10)2-4-11(13)14/h1,3,5,9H,2,4,6H2,(H,13,14). The van der Waals surface area contributed by atoms with Gasteiger partial charge in [-0.2, -0.15) is 0 Å². The maximum Gasteiger partial charge on any atom is 0.303 e. The van der Waals surface area contributed by atoms with Crippen LogP contribution in [0.15, 0.2) is 27.6 Å². The first kappa shape index (κ1) is 11.0. The molecule has 1 aliphatic rings. The van der Waals surface area contributed by atoms with Crippen molar-refractivity contribution in [1.29, 1.82) is 0 Å². The number of halogens is 1. The summed E-state index contributed by atoms with van der Waals surface area (Å²) in [6.07, 6.45) is 2.02. The molecule has 1 aromatic carbocycles. The van der Waals surface area contributed by atoms with Crippen molar-refractivity contribution in [2.24, 2.45) is 0 Å². The number of hydrogen-bond acceptors (Lipinski definition) is 2. The Morgan fingerprint density at radius 1 is 1.60 bits per heavy atom. The quantitative estimate of drug-likeness (QED) is 0.926. The molecule has 0 aromatic heterocycles. The van der Waals surface area contributed by atoms with Gasteiger partial charge in [-0.3, -0.25) is 4.79 Å². The predicted octanol–water partition coefficient (Wildman–Crippen LogP) is 3.33. The van der Waals surface area contributed by atoms with E-state index in [1.54, 1.807) is 11.8 Å². The summed E-state index contributed by atoms with van der Waals surface area (Å²) in [6.45, 7) is 0. The molecule has 0 fully saturated rings. The molecule has 2 nitrogen and oxygen atoms in total. The van der Waals surface area contributed by atoms with Crippen LogP contribution < -0.4 is 0 Å². The van der Waals surface area contributed by atoms with Gasteiger partial charge < -0.3 is 5.11 Å². The van der Waals surface area contributed by atoms with Crippen LogP contribution in [0.2, 0.25) is 0 Å². The van der Waals surface area contributed by atoms with E-state index >= 15 is 0 Å². The highest BCUT2D eigenvalue weighted by atomic mass is 79.9. The molecule has 15 heavy (non-hydrogen) atoms. The van der Waals surface area contributed by atoms with Gasteiger partial charge in [0, 0.05) is 21.0 Å². The van der Waals surface area contributed by atoms with Gasteiger partial charge in [0.15, 0.2) is 0 Å². The van der Waals surface area contributed by atoms with Gasteiger partial charge >= 0.3 is 5.97 Å². The summed E-state index contributed by atoms with van der Waals surface area (Å²) in [4.78, 5) is 11.8. The van der Waals surface area contributed by atoms with E-state index in [0.717, 1.165) is 17.3 Å². The molecule has 0 bridgehead atoms. The number of aliphatic carboxylic acids is 1. The van der Waals surface area contributed by atoms with Crippen LogP contribution >= 0.6 is 27.7 Å². The molecular formula is C11H11BrO2S. The number of carboxylic acid groups (broad SMARTS) is 1. The van der Waals surface area contributed by atoms with E-state index in [2.05, 4.69) is 28.1 Å². The van der Waals surface area contributed by atoms with E-state index in [1.165, 1.54) is 10.5 Å². The average Bonchev–Trinajstić information content (AvgIpc) is 2.56. The Kier molecular flexibility index (Phi) is 3.36. The number of rotatable bonds is 3. The van der Waals surface area contributed by atoms with Gasteiger partial charge in [-0.15, -0.1) is 11.8 Å². The van der Waals surface area contributed by atoms with Gasteiger partial charge in [-0.25, -0.2) is 0 Å². The summed E-state index contributed by atoms with van der Waals surface area (Å²) in [6, 6.07) is 6.26. The highest BCUT2D eigenvalue weighted by Crippen LogP contribution is 2.39. The fraction of sp³-hybridized carbons (Fsp3) is 0.364. The van der Waals surface area contributed by atoms with Crippen molar-refractivity contribution in [2.75, 3.05) is 0 Å². The molecule has 0 aliphatic carbocycles. The summed E-state index contributed by atoms with van der Waals surface area (Å²) >= 11 is 5.25. The van der Waals surface area contributed by atoms with E-state index < -0.39 is 5.97 Å². The minimum absolute atomic E-state index is 0.271. The fourth-order valence-electron chi connectivity index (χ4n) is 1.73. The molecule has 4 heteroatoms. The number of carboxylic acids is 1. The van der Waals surface area contributed by atoms with Crippen molar-refractivity contribution in [3.63, 3.8) is 0 Å². The zero-order valence-electron chi connectivity index (χ0n) is 8.07. The number of carbonyl (C=O) groups is 1. The van der Waals surface area contributed by atoms with Gasteiger partial charge in [0.2, 0.25) is 0 Å². The third-order valence-electron chi connectivity index (χ3n) is 2.44. The monoisotopic (exact) mass is 286 g/mol. The topological polar surface area (TPSA) is 37.3 Å². The summed E-state index contributed by atoms with van der Waals surface area (Å²) in [5, 5.41) is 9.05. The lowest BCUT2D eigenvalue weighted by Gasteiger charge is -2.04. The zero-order chi connectivity index (χ0) is 10.8. The fourth-order valence-corrected chi connectivity index (χ4v) is 3.44. The third-order valence-corrected chi connectivity index (χ3v) is 4.33. The molecule has 2 rings (SSSR count). The molecule has 1 atom stereocenters. The molecular weight excluding hydrogens is 276 g/mol. The highest BCUT2D eigenvalue weighted by molar-refractivity contribution is 9.10. The van der Waals surface area contributed by atoms with Gasteiger partial charge in [0.25, 0.3) is 0 Å². The molecule has 0 saturated carbocycles. The molecule has 1 unspecified atom stereocenters. The van der Waals surface area contributed by atoms with E-state index in [1.807, 2.05) is 6.07 Å². The van der Waals surface area contributed by atoms with Gasteiger partial charge in [-0.05, 0) is 36.6 Å². The molecule has 0 saturated heterocycles. The number of thioether (sulfide) groups is 1. The van der Waals surface area contributed by atoms with Crippen LogP contribution in [0, 0.1) is 0 Å². The van der Waals surface area contributed by atoms with E-state index in [9.17, 15) is 4.79 Å². The Bertz CT molecular complexity index is 392. The predicted molar refractivity (Wildman–Crippen MR) is 64.4 cm³/mol. The maximum absolute atomic E-state index is 10.5. The molecule has 1 aliphatic heterocycles. The summed E-state index contributed by atoms with van der Waals surface area (Å²) in [7, 11) is 0. The highest BCUT2D eigenvalue weighted by Gasteiger charge is 2.22. The van der Waals surface area contributed by atoms with E-state index in [4.69, 9.17) is 5.11 Å². The van der Waals surface area contributed by atoms with Crippen molar-refractivity contribution >= 4 is 33.7 Å². The molecule has 0 radical (unpaired) electrons. The minimum Gasteiger partial charge on any atom is -0.481 e. The van der Waals surface area contributed by atoms with Gasteiger partial charge in [-0.1, -0.05) is 15.9 Å². The average molecular weight is 287 g/mol. The molecule has 0 amide bonds. The number of fused-ring (bicyclic) bond motifs is 1. The maximum atomic E-state index is 10.5. The van der Waals surface area contributed by atoms with Crippen molar-refractivity contribution in [2.45, 2.75) is 29.4 Å². The lowest BCUT2D eigenvalue weighted by Crippen LogP contribution is -2.04. The van der Waals surface area contributed by atoms with Gasteiger partial charge in [0.05, 0.1) is 0 Å². The van der Waals surface area contributed by atoms with Crippen LogP contribution in [0.5, 0.6) is 0 Å². The van der Waals surface area contributed by atoms with Crippen LogP contribution in [0.3, 0.4) is 0 Å². The first-order valence-corrected chi connectivity index (χ1v) is 6.49. The zero-order valence-corrected chi connectivity index (χ0v) is 10.5. The number of hydrogen-bond donors (Lipinski definition) is 1. The molecule has 1 heterocycles. The Morgan fingerprint density at radius 2 is 2.40 bits per heavy atom. The van der Waals surface area contributed by atoms with Crippen LogP contribution in [0.4, 0.5) is 0 Å². The molecule has 1 N–H and O–H groups in total. The molecule has 80 valence electrons. The van der Waals surface area contributed by atoms with Crippen molar-refractivity contribution in [1.82, 2.24) is 0 Å². The normalized spacial score (nSPS) is 18.9. The SMILES string of the molecule is O=C(O)CCC1Cc2cc(Br)ccc2S1. The lowest BCUT2D eigenvalue weighted by molar-refractivity contribution is -0.137. The minimum atomic E-state index is -0.701. The second kappa shape index (κ2) is 4.58. The van der Waals surface area contributed by atoms with Crippen LogP contribution in [-0.4, -0.2) is 16.3 Å². The lowest BCUT2D eigenvalue weighted by atomic mass is 10.1. The largest absolute Gasteiger partial charge is 0.481 e. The Hall–Kier alpha value is -0.480. The second-order valence-electron chi connectivity index (χ2n) is 3.63. The van der Waals surface area contributed by atoms with Gasteiger partial charge in [0.1, 0.15) is 0 Å². The van der Waals surface area contributed by atoms with Crippen molar-refractivity contribution in [3.05, 3.63) is 28.2 Å². The first-order valence-electron chi connectivity index (χ1n) is 4.82. The Labute approximate surface area is 101 Å². The summed E-state index contributed by atoms with van der Waals surface area (Å²) < 4.78 is 1.10. The molecule has 1 aromatic rings. The van der Waals surface area contributed by atoms with Crippen LogP contribution in [0.25, 0.3) is 0 Å². The molecule has 0 spiro atoms. The number of benzene rings is 1. The second-order valence-corrected chi connectivity index (χ2v) is 5.89. The Balaban J connectivity index is 2.00. The summed E-state index contributed by atoms with van der Waals surface area (Å²) in [5.41, 5.74) is 1.34. The first-order chi connectivity index (χ1) is 7.15. The third kappa shape index (κ3) is 2.75. The smallest absolute Gasteiger partial charge is 0.303 e.